The molecule has 0 aromatic carbocycles. The average molecular weight is 288 g/mol. The van der Waals surface area contributed by atoms with Crippen LogP contribution in [0.3, 0.4) is 0 Å². The van der Waals surface area contributed by atoms with Gasteiger partial charge in [-0.1, -0.05) is 26.2 Å². The van der Waals surface area contributed by atoms with E-state index in [2.05, 4.69) is 10.6 Å². The molecule has 3 unspecified atom stereocenters. The van der Waals surface area contributed by atoms with Gasteiger partial charge in [-0.2, -0.15) is 0 Å². The summed E-state index contributed by atoms with van der Waals surface area (Å²) in [7, 11) is -0.782. The van der Waals surface area contributed by atoms with Crippen molar-refractivity contribution in [2.24, 2.45) is 0 Å². The fourth-order valence-corrected chi connectivity index (χ4v) is 2.78. The third kappa shape index (κ3) is 6.52. The van der Waals surface area contributed by atoms with Crippen LogP contribution in [-0.2, 0) is 15.6 Å². The molecule has 0 aliphatic heterocycles. The fraction of sp³-hybridized carbons (Fsp3) is 0.929. The van der Waals surface area contributed by atoms with Crippen LogP contribution >= 0.6 is 0 Å². The largest absolute Gasteiger partial charge is 0.352 e. The Morgan fingerprint density at radius 1 is 1.26 bits per heavy atom. The van der Waals surface area contributed by atoms with E-state index < -0.39 is 10.8 Å². The molecule has 112 valence electrons. The van der Waals surface area contributed by atoms with Crippen molar-refractivity contribution >= 4 is 16.7 Å². The van der Waals surface area contributed by atoms with E-state index in [1.54, 1.807) is 6.26 Å². The molecule has 1 fully saturated rings. The Bertz CT molecular complexity index is 304. The average Bonchev–Trinajstić information content (AvgIpc) is 2.39. The summed E-state index contributed by atoms with van der Waals surface area (Å²) >= 11 is 0. The standard InChI is InChI=1S/C14H28N2O2S/c1-11(19(3)18)9-10-15-12(2)14(17)16-13-7-5-4-6-8-13/h11-13,15H,4-10H2,1-3H3,(H,16,17). The fourth-order valence-electron chi connectivity index (χ4n) is 2.33. The molecule has 1 rings (SSSR count). The van der Waals surface area contributed by atoms with Gasteiger partial charge in [-0.3, -0.25) is 9.00 Å². The Labute approximate surface area is 119 Å². The maximum absolute atomic E-state index is 12.0. The number of hydrogen-bond donors (Lipinski definition) is 2. The van der Waals surface area contributed by atoms with Crippen LogP contribution in [0.2, 0.25) is 0 Å². The second-order valence-electron chi connectivity index (χ2n) is 5.62. The van der Waals surface area contributed by atoms with Crippen molar-refractivity contribution in [2.45, 2.75) is 69.7 Å². The summed E-state index contributed by atoms with van der Waals surface area (Å²) in [5.41, 5.74) is 0. The maximum atomic E-state index is 12.0. The van der Waals surface area contributed by atoms with Gasteiger partial charge in [0.15, 0.2) is 0 Å². The summed E-state index contributed by atoms with van der Waals surface area (Å²) in [6, 6.07) is 0.201. The Hall–Kier alpha value is -0.420. The molecule has 2 N–H and O–H groups in total. The number of rotatable bonds is 7. The highest BCUT2D eigenvalue weighted by Crippen LogP contribution is 2.17. The quantitative estimate of drug-likeness (QED) is 0.747. The Morgan fingerprint density at radius 3 is 2.47 bits per heavy atom. The van der Waals surface area contributed by atoms with E-state index in [1.807, 2.05) is 13.8 Å². The molecule has 0 saturated heterocycles. The third-order valence-corrected chi connectivity index (χ3v) is 5.28. The van der Waals surface area contributed by atoms with Crippen molar-refractivity contribution in [3.8, 4) is 0 Å². The zero-order valence-electron chi connectivity index (χ0n) is 12.4. The second kappa shape index (κ2) is 8.69. The van der Waals surface area contributed by atoms with Crippen molar-refractivity contribution < 1.29 is 9.00 Å². The molecule has 19 heavy (non-hydrogen) atoms. The van der Waals surface area contributed by atoms with Crippen LogP contribution in [0.5, 0.6) is 0 Å². The van der Waals surface area contributed by atoms with E-state index in [4.69, 9.17) is 0 Å². The van der Waals surface area contributed by atoms with Crippen molar-refractivity contribution in [1.29, 1.82) is 0 Å². The first-order valence-electron chi connectivity index (χ1n) is 7.36. The molecule has 3 atom stereocenters. The summed E-state index contributed by atoms with van der Waals surface area (Å²) in [5, 5.41) is 6.51. The molecule has 0 radical (unpaired) electrons. The minimum Gasteiger partial charge on any atom is -0.352 e. The van der Waals surface area contributed by atoms with Crippen LogP contribution in [0.25, 0.3) is 0 Å². The summed E-state index contributed by atoms with van der Waals surface area (Å²) in [5.74, 6) is 0.0946. The van der Waals surface area contributed by atoms with Gasteiger partial charge >= 0.3 is 0 Å². The van der Waals surface area contributed by atoms with Crippen LogP contribution in [0.4, 0.5) is 0 Å². The Balaban J connectivity index is 2.19. The van der Waals surface area contributed by atoms with Crippen LogP contribution in [-0.4, -0.2) is 40.3 Å². The first kappa shape index (κ1) is 16.6. The summed E-state index contributed by atoms with van der Waals surface area (Å²) in [6.45, 7) is 4.61. The smallest absolute Gasteiger partial charge is 0.237 e. The lowest BCUT2D eigenvalue weighted by atomic mass is 9.95. The predicted molar refractivity (Wildman–Crippen MR) is 80.6 cm³/mol. The zero-order chi connectivity index (χ0) is 14.3. The number of nitrogens with one attached hydrogen (secondary N) is 2. The topological polar surface area (TPSA) is 58.2 Å². The molecule has 4 nitrogen and oxygen atoms in total. The SMILES string of the molecule is CC(NCCC(C)S(C)=O)C(=O)NC1CCCCC1. The Kier molecular flexibility index (Phi) is 7.61. The minimum atomic E-state index is -0.782. The van der Waals surface area contributed by atoms with Gasteiger partial charge in [0.1, 0.15) is 0 Å². The van der Waals surface area contributed by atoms with Crippen LogP contribution < -0.4 is 10.6 Å². The molecule has 0 bridgehead atoms. The minimum absolute atomic E-state index is 0.0946. The molecular formula is C14H28N2O2S. The van der Waals surface area contributed by atoms with Gasteiger partial charge in [0, 0.05) is 28.3 Å². The lowest BCUT2D eigenvalue weighted by Crippen LogP contribution is -2.47. The van der Waals surface area contributed by atoms with Crippen molar-refractivity contribution in [3.05, 3.63) is 0 Å². The molecule has 0 spiro atoms. The van der Waals surface area contributed by atoms with Gasteiger partial charge in [0.05, 0.1) is 6.04 Å². The van der Waals surface area contributed by atoms with Crippen molar-refractivity contribution in [2.75, 3.05) is 12.8 Å². The predicted octanol–water partition coefficient (Wildman–Crippen LogP) is 1.57. The summed E-state index contributed by atoms with van der Waals surface area (Å²) < 4.78 is 11.2. The van der Waals surface area contributed by atoms with E-state index in [1.165, 1.54) is 19.3 Å². The van der Waals surface area contributed by atoms with Crippen LogP contribution in [0.1, 0.15) is 52.4 Å². The molecule has 5 heteroatoms. The number of carbonyl (C=O) groups is 1. The monoisotopic (exact) mass is 288 g/mol. The van der Waals surface area contributed by atoms with E-state index in [9.17, 15) is 9.00 Å². The van der Waals surface area contributed by atoms with Gasteiger partial charge < -0.3 is 10.6 Å². The van der Waals surface area contributed by atoms with Gasteiger partial charge in [-0.15, -0.1) is 0 Å². The molecule has 0 aromatic heterocycles. The van der Waals surface area contributed by atoms with Gasteiger partial charge in [0.2, 0.25) is 5.91 Å². The van der Waals surface area contributed by atoms with E-state index in [-0.39, 0.29) is 17.2 Å². The van der Waals surface area contributed by atoms with E-state index >= 15 is 0 Å². The van der Waals surface area contributed by atoms with Crippen molar-refractivity contribution in [1.82, 2.24) is 10.6 Å². The van der Waals surface area contributed by atoms with Gasteiger partial charge in [-0.25, -0.2) is 0 Å². The summed E-state index contributed by atoms with van der Waals surface area (Å²) in [4.78, 5) is 12.0. The normalized spacial score (nSPS) is 21.6. The van der Waals surface area contributed by atoms with Crippen LogP contribution in [0, 0.1) is 0 Å². The number of carbonyl (C=O) groups excluding carboxylic acids is 1. The summed E-state index contributed by atoms with van der Waals surface area (Å²) in [6.07, 6.45) is 8.55. The lowest BCUT2D eigenvalue weighted by Gasteiger charge is -2.25. The first-order chi connectivity index (χ1) is 9.00. The third-order valence-electron chi connectivity index (χ3n) is 3.91. The highest BCUT2D eigenvalue weighted by molar-refractivity contribution is 7.84. The van der Waals surface area contributed by atoms with Gasteiger partial charge in [0.25, 0.3) is 0 Å². The number of hydrogen-bond acceptors (Lipinski definition) is 3. The first-order valence-corrected chi connectivity index (χ1v) is 8.99. The Morgan fingerprint density at radius 2 is 1.89 bits per heavy atom. The molecule has 1 saturated carbocycles. The highest BCUT2D eigenvalue weighted by atomic mass is 32.2. The maximum Gasteiger partial charge on any atom is 0.237 e. The van der Waals surface area contributed by atoms with E-state index in [0.29, 0.717) is 6.04 Å². The molecule has 0 heterocycles. The van der Waals surface area contributed by atoms with Crippen molar-refractivity contribution in [3.63, 3.8) is 0 Å². The lowest BCUT2D eigenvalue weighted by molar-refractivity contribution is -0.123. The van der Waals surface area contributed by atoms with E-state index in [0.717, 1.165) is 25.8 Å². The zero-order valence-corrected chi connectivity index (χ0v) is 13.2. The molecule has 1 aliphatic carbocycles. The molecule has 1 amide bonds. The second-order valence-corrected chi connectivity index (χ2v) is 7.42. The molecule has 0 aromatic rings. The molecular weight excluding hydrogens is 260 g/mol. The highest BCUT2D eigenvalue weighted by Gasteiger charge is 2.19. The van der Waals surface area contributed by atoms with Gasteiger partial charge in [-0.05, 0) is 32.7 Å². The van der Waals surface area contributed by atoms with Crippen LogP contribution in [0.15, 0.2) is 0 Å². The molecule has 1 aliphatic rings. The number of amides is 1.